The normalized spacial score (nSPS) is 11.2. The highest BCUT2D eigenvalue weighted by Crippen LogP contribution is 2.24. The molecule has 0 aliphatic carbocycles. The topological polar surface area (TPSA) is 75.1 Å². The van der Waals surface area contributed by atoms with Crippen LogP contribution in [-0.2, 0) is 13.0 Å². The van der Waals surface area contributed by atoms with Gasteiger partial charge in [0, 0.05) is 17.8 Å². The van der Waals surface area contributed by atoms with Crippen LogP contribution in [0, 0.1) is 0 Å². The maximum Gasteiger partial charge on any atom is 0.331 e. The SMILES string of the molecule is CC(C)c1c(O)n(CCc2ccc(Br)s2)c(=O)[nH]c1=O. The van der Waals surface area contributed by atoms with Gasteiger partial charge in [-0.3, -0.25) is 14.3 Å². The van der Waals surface area contributed by atoms with E-state index in [2.05, 4.69) is 20.9 Å². The maximum absolute atomic E-state index is 11.8. The van der Waals surface area contributed by atoms with Crippen LogP contribution in [0.15, 0.2) is 25.5 Å². The summed E-state index contributed by atoms with van der Waals surface area (Å²) in [5.74, 6) is -0.383. The first-order chi connectivity index (χ1) is 9.40. The van der Waals surface area contributed by atoms with Crippen LogP contribution in [0.25, 0.3) is 0 Å². The van der Waals surface area contributed by atoms with Gasteiger partial charge in [-0.25, -0.2) is 4.79 Å². The fourth-order valence-electron chi connectivity index (χ4n) is 2.01. The van der Waals surface area contributed by atoms with E-state index in [4.69, 9.17) is 0 Å². The molecule has 0 unspecified atom stereocenters. The summed E-state index contributed by atoms with van der Waals surface area (Å²) in [5.41, 5.74) is -0.845. The minimum Gasteiger partial charge on any atom is -0.494 e. The smallest absolute Gasteiger partial charge is 0.331 e. The number of nitrogens with one attached hydrogen (secondary N) is 1. The molecule has 0 bridgehead atoms. The Balaban J connectivity index is 2.34. The van der Waals surface area contributed by atoms with Gasteiger partial charge in [-0.1, -0.05) is 13.8 Å². The fraction of sp³-hybridized carbons (Fsp3) is 0.385. The molecular weight excluding hydrogens is 344 g/mol. The Hall–Kier alpha value is -1.34. The summed E-state index contributed by atoms with van der Waals surface area (Å²) >= 11 is 4.96. The molecule has 2 N–H and O–H groups in total. The summed E-state index contributed by atoms with van der Waals surface area (Å²) < 4.78 is 2.23. The molecular formula is C13H15BrN2O3S. The second-order valence-electron chi connectivity index (χ2n) is 4.76. The van der Waals surface area contributed by atoms with E-state index in [0.29, 0.717) is 13.0 Å². The van der Waals surface area contributed by atoms with Crippen LogP contribution >= 0.6 is 27.3 Å². The highest BCUT2D eigenvalue weighted by atomic mass is 79.9. The van der Waals surface area contributed by atoms with E-state index in [0.717, 1.165) is 8.66 Å². The molecule has 0 radical (unpaired) electrons. The molecule has 0 saturated heterocycles. The van der Waals surface area contributed by atoms with Crippen LogP contribution in [0.2, 0.25) is 0 Å². The van der Waals surface area contributed by atoms with Crippen molar-refractivity contribution in [1.82, 2.24) is 9.55 Å². The Morgan fingerprint density at radius 2 is 2.10 bits per heavy atom. The Bertz CT molecular complexity index is 730. The number of nitrogens with zero attached hydrogens (tertiary/aromatic N) is 1. The highest BCUT2D eigenvalue weighted by Gasteiger charge is 2.16. The van der Waals surface area contributed by atoms with E-state index in [1.165, 1.54) is 4.57 Å². The predicted octanol–water partition coefficient (Wildman–Crippen LogP) is 2.43. The van der Waals surface area contributed by atoms with E-state index in [1.54, 1.807) is 25.2 Å². The van der Waals surface area contributed by atoms with Gasteiger partial charge in [-0.05, 0) is 34.0 Å². The summed E-state index contributed by atoms with van der Waals surface area (Å²) in [6.07, 6.45) is 0.618. The molecule has 2 heterocycles. The molecule has 7 heteroatoms. The van der Waals surface area contributed by atoms with Gasteiger partial charge in [0.2, 0.25) is 5.88 Å². The summed E-state index contributed by atoms with van der Waals surface area (Å²) in [5, 5.41) is 10.1. The average molecular weight is 359 g/mol. The van der Waals surface area contributed by atoms with Gasteiger partial charge in [0.25, 0.3) is 5.56 Å². The molecule has 0 saturated carbocycles. The molecule has 0 aliphatic rings. The zero-order valence-corrected chi connectivity index (χ0v) is 13.5. The first-order valence-corrected chi connectivity index (χ1v) is 7.81. The van der Waals surface area contributed by atoms with Crippen LogP contribution < -0.4 is 11.2 Å². The third kappa shape index (κ3) is 3.04. The van der Waals surface area contributed by atoms with Gasteiger partial charge < -0.3 is 5.11 Å². The standard InChI is InChI=1S/C13H15BrN2O3S/c1-7(2)10-11(17)15-13(19)16(12(10)18)6-5-8-3-4-9(14)20-8/h3-4,7,18H,5-6H2,1-2H3,(H,15,17,19). The number of hydrogen-bond donors (Lipinski definition) is 2. The second kappa shape index (κ2) is 5.97. The highest BCUT2D eigenvalue weighted by molar-refractivity contribution is 9.11. The van der Waals surface area contributed by atoms with Crippen molar-refractivity contribution in [3.05, 3.63) is 47.2 Å². The van der Waals surface area contributed by atoms with E-state index in [-0.39, 0.29) is 17.4 Å². The lowest BCUT2D eigenvalue weighted by Gasteiger charge is -2.12. The van der Waals surface area contributed by atoms with Crippen molar-refractivity contribution in [2.24, 2.45) is 0 Å². The van der Waals surface area contributed by atoms with Gasteiger partial charge in [0.15, 0.2) is 0 Å². The zero-order valence-electron chi connectivity index (χ0n) is 11.1. The van der Waals surface area contributed by atoms with Crippen molar-refractivity contribution < 1.29 is 5.11 Å². The minimum absolute atomic E-state index is 0.151. The molecule has 0 aliphatic heterocycles. The Labute approximate surface area is 128 Å². The number of thiophene rings is 1. The molecule has 5 nitrogen and oxygen atoms in total. The third-order valence-electron chi connectivity index (χ3n) is 2.99. The molecule has 0 amide bonds. The monoisotopic (exact) mass is 358 g/mol. The Morgan fingerprint density at radius 1 is 1.40 bits per heavy atom. The van der Waals surface area contributed by atoms with E-state index in [9.17, 15) is 14.7 Å². The van der Waals surface area contributed by atoms with Gasteiger partial charge in [-0.2, -0.15) is 0 Å². The molecule has 2 aromatic heterocycles. The molecule has 108 valence electrons. The quantitative estimate of drug-likeness (QED) is 0.881. The molecule has 0 atom stereocenters. The van der Waals surface area contributed by atoms with E-state index >= 15 is 0 Å². The van der Waals surface area contributed by atoms with E-state index < -0.39 is 11.2 Å². The number of H-pyrrole nitrogens is 1. The van der Waals surface area contributed by atoms with Crippen LogP contribution in [-0.4, -0.2) is 14.7 Å². The lowest BCUT2D eigenvalue weighted by Crippen LogP contribution is -2.33. The Morgan fingerprint density at radius 3 is 2.65 bits per heavy atom. The van der Waals surface area contributed by atoms with Crippen molar-refractivity contribution in [3.63, 3.8) is 0 Å². The molecule has 2 aromatic rings. The Kier molecular flexibility index (Phi) is 4.49. The largest absolute Gasteiger partial charge is 0.494 e. The van der Waals surface area contributed by atoms with Crippen molar-refractivity contribution >= 4 is 27.3 Å². The summed E-state index contributed by atoms with van der Waals surface area (Å²) in [6.45, 7) is 3.93. The predicted molar refractivity (Wildman–Crippen MR) is 82.8 cm³/mol. The van der Waals surface area contributed by atoms with Gasteiger partial charge in [-0.15, -0.1) is 11.3 Å². The first-order valence-electron chi connectivity index (χ1n) is 6.20. The van der Waals surface area contributed by atoms with Crippen molar-refractivity contribution in [3.8, 4) is 5.88 Å². The average Bonchev–Trinajstić information content (AvgIpc) is 2.73. The number of aromatic amines is 1. The molecule has 0 fully saturated rings. The number of aryl methyl sites for hydroxylation is 1. The second-order valence-corrected chi connectivity index (χ2v) is 7.31. The number of hydrogen-bond acceptors (Lipinski definition) is 4. The maximum atomic E-state index is 11.8. The number of aromatic nitrogens is 2. The number of halogens is 1. The van der Waals surface area contributed by atoms with Gasteiger partial charge in [0.05, 0.1) is 9.35 Å². The van der Waals surface area contributed by atoms with Crippen LogP contribution in [0.3, 0.4) is 0 Å². The van der Waals surface area contributed by atoms with Crippen molar-refractivity contribution in [2.75, 3.05) is 0 Å². The zero-order chi connectivity index (χ0) is 14.9. The molecule has 2 rings (SSSR count). The number of rotatable bonds is 4. The van der Waals surface area contributed by atoms with Gasteiger partial charge in [0.1, 0.15) is 0 Å². The fourth-order valence-corrected chi connectivity index (χ4v) is 3.48. The molecule has 0 spiro atoms. The van der Waals surface area contributed by atoms with E-state index in [1.807, 2.05) is 12.1 Å². The first kappa shape index (κ1) is 15.1. The summed E-state index contributed by atoms with van der Waals surface area (Å²) in [7, 11) is 0. The molecule has 0 aromatic carbocycles. The third-order valence-corrected chi connectivity index (χ3v) is 4.68. The van der Waals surface area contributed by atoms with Crippen LogP contribution in [0.4, 0.5) is 0 Å². The van der Waals surface area contributed by atoms with Crippen molar-refractivity contribution in [2.45, 2.75) is 32.7 Å². The lowest BCUT2D eigenvalue weighted by molar-refractivity contribution is 0.390. The minimum atomic E-state index is -0.576. The van der Waals surface area contributed by atoms with Gasteiger partial charge >= 0.3 is 5.69 Å². The summed E-state index contributed by atoms with van der Waals surface area (Å²) in [6, 6.07) is 3.90. The van der Waals surface area contributed by atoms with Crippen LogP contribution in [0.5, 0.6) is 5.88 Å². The number of aromatic hydroxyl groups is 1. The van der Waals surface area contributed by atoms with Crippen LogP contribution in [0.1, 0.15) is 30.2 Å². The van der Waals surface area contributed by atoms with Crippen molar-refractivity contribution in [1.29, 1.82) is 0 Å². The lowest BCUT2D eigenvalue weighted by atomic mass is 10.1. The molecule has 20 heavy (non-hydrogen) atoms. The summed E-state index contributed by atoms with van der Waals surface area (Å²) in [4.78, 5) is 26.9.